The number of nitrogens with zero attached hydrogens (tertiary/aromatic N) is 1. The highest BCUT2D eigenvalue weighted by atomic mass is 35.5. The summed E-state index contributed by atoms with van der Waals surface area (Å²) in [4.78, 5) is 11.4. The zero-order chi connectivity index (χ0) is 14.3. The Morgan fingerprint density at radius 3 is 2.90 bits per heavy atom. The number of nitrogens with two attached hydrogens (primary N) is 1. The number of benzene rings is 1. The summed E-state index contributed by atoms with van der Waals surface area (Å²) in [6, 6.07) is 7.46. The number of primary amides is 1. The molecular formula is C15H14ClN3O. The van der Waals surface area contributed by atoms with Gasteiger partial charge < -0.3 is 5.73 Å². The van der Waals surface area contributed by atoms with Crippen LogP contribution in [0, 0.1) is 5.41 Å². The van der Waals surface area contributed by atoms with E-state index in [1.165, 1.54) is 17.2 Å². The van der Waals surface area contributed by atoms with Crippen LogP contribution in [0.15, 0.2) is 30.5 Å². The van der Waals surface area contributed by atoms with E-state index in [9.17, 15) is 4.79 Å². The van der Waals surface area contributed by atoms with Gasteiger partial charge in [-0.1, -0.05) is 23.7 Å². The van der Waals surface area contributed by atoms with Crippen LogP contribution in [0.3, 0.4) is 0 Å². The molecule has 3 rings (SSSR count). The summed E-state index contributed by atoms with van der Waals surface area (Å²) in [5, 5.41) is 8.57. The fourth-order valence-electron chi connectivity index (χ4n) is 2.76. The lowest BCUT2D eigenvalue weighted by atomic mass is 10.1. The third-order valence-electron chi connectivity index (χ3n) is 3.68. The molecule has 1 aliphatic carbocycles. The van der Waals surface area contributed by atoms with Crippen LogP contribution in [0.25, 0.3) is 5.69 Å². The predicted molar refractivity (Wildman–Crippen MR) is 77.2 cm³/mol. The molecule has 1 aromatic heterocycles. The molecule has 5 heteroatoms. The number of nitrogens with one attached hydrogen (secondary N) is 1. The van der Waals surface area contributed by atoms with Gasteiger partial charge in [0.1, 0.15) is 5.49 Å². The second kappa shape index (κ2) is 4.80. The number of carbonyl (C=O) groups is 1. The van der Waals surface area contributed by atoms with Crippen molar-refractivity contribution in [3.8, 4) is 5.69 Å². The van der Waals surface area contributed by atoms with E-state index >= 15 is 0 Å². The average Bonchev–Trinajstić information content (AvgIpc) is 2.89. The maximum absolute atomic E-state index is 11.4. The molecule has 102 valence electrons. The van der Waals surface area contributed by atoms with Crippen molar-refractivity contribution in [3.63, 3.8) is 0 Å². The van der Waals surface area contributed by atoms with E-state index < -0.39 is 5.91 Å². The summed E-state index contributed by atoms with van der Waals surface area (Å²) in [5.74, 6) is -0.640. The number of pyridine rings is 1. The van der Waals surface area contributed by atoms with Crippen LogP contribution in [-0.4, -0.2) is 10.5 Å². The fraction of sp³-hybridized carbons (Fsp3) is 0.200. The van der Waals surface area contributed by atoms with Gasteiger partial charge in [0.2, 0.25) is 0 Å². The van der Waals surface area contributed by atoms with Crippen molar-refractivity contribution >= 4 is 17.5 Å². The first-order valence-corrected chi connectivity index (χ1v) is 6.83. The molecular weight excluding hydrogens is 274 g/mol. The lowest BCUT2D eigenvalue weighted by molar-refractivity contribution is 0.0998. The molecule has 20 heavy (non-hydrogen) atoms. The van der Waals surface area contributed by atoms with E-state index in [2.05, 4.69) is 6.07 Å². The van der Waals surface area contributed by atoms with E-state index in [4.69, 9.17) is 22.7 Å². The summed E-state index contributed by atoms with van der Waals surface area (Å²) < 4.78 is 1.65. The first-order chi connectivity index (χ1) is 9.58. The summed E-state index contributed by atoms with van der Waals surface area (Å²) >= 11 is 6.05. The molecule has 0 unspecified atom stereocenters. The minimum atomic E-state index is -0.640. The lowest BCUT2D eigenvalue weighted by Crippen LogP contribution is -2.29. The normalized spacial score (nSPS) is 13.2. The molecule has 0 bridgehead atoms. The number of hydrogen-bond donors (Lipinski definition) is 2. The van der Waals surface area contributed by atoms with Crippen molar-refractivity contribution in [2.75, 3.05) is 0 Å². The van der Waals surface area contributed by atoms with Crippen molar-refractivity contribution in [2.45, 2.75) is 19.3 Å². The highest BCUT2D eigenvalue weighted by molar-refractivity contribution is 6.30. The molecule has 0 spiro atoms. The predicted octanol–water partition coefficient (Wildman–Crippen LogP) is 2.20. The smallest absolute Gasteiger partial charge is 0.252 e. The van der Waals surface area contributed by atoms with Crippen molar-refractivity contribution in [1.29, 1.82) is 5.41 Å². The molecule has 0 radical (unpaired) electrons. The zero-order valence-electron chi connectivity index (χ0n) is 10.8. The lowest BCUT2D eigenvalue weighted by Gasteiger charge is -2.14. The first kappa shape index (κ1) is 12.9. The Morgan fingerprint density at radius 2 is 2.15 bits per heavy atom. The van der Waals surface area contributed by atoms with Crippen LogP contribution in [0.5, 0.6) is 0 Å². The Bertz CT molecular complexity index is 764. The minimum Gasteiger partial charge on any atom is -0.365 e. The number of amides is 1. The molecule has 1 aromatic carbocycles. The van der Waals surface area contributed by atoms with Gasteiger partial charge in [-0.15, -0.1) is 0 Å². The largest absolute Gasteiger partial charge is 0.365 e. The number of aromatic nitrogens is 1. The van der Waals surface area contributed by atoms with E-state index in [0.717, 1.165) is 24.9 Å². The minimum absolute atomic E-state index is 0.0715. The Hall–Kier alpha value is -2.07. The highest BCUT2D eigenvalue weighted by Crippen LogP contribution is 2.27. The highest BCUT2D eigenvalue weighted by Gasteiger charge is 2.17. The number of fused-ring (bicyclic) bond motifs is 1. The van der Waals surface area contributed by atoms with Gasteiger partial charge in [-0.05, 0) is 42.5 Å². The van der Waals surface area contributed by atoms with Gasteiger partial charge in [0.05, 0.1) is 16.3 Å². The SMILES string of the molecule is N=c1c(C(N)=O)cc(Cl)cn1-c1cccc2c1CCC2. The third-order valence-corrected chi connectivity index (χ3v) is 3.88. The molecule has 0 atom stereocenters. The van der Waals surface area contributed by atoms with Crippen LogP contribution in [0.2, 0.25) is 5.02 Å². The quantitative estimate of drug-likeness (QED) is 0.873. The number of halogens is 1. The Morgan fingerprint density at radius 1 is 1.35 bits per heavy atom. The molecule has 0 fully saturated rings. The van der Waals surface area contributed by atoms with Crippen molar-refractivity contribution in [1.82, 2.24) is 4.57 Å². The summed E-state index contributed by atoms with van der Waals surface area (Å²) in [7, 11) is 0. The Kier molecular flexibility index (Phi) is 3.10. The second-order valence-electron chi connectivity index (χ2n) is 4.92. The first-order valence-electron chi connectivity index (χ1n) is 6.45. The van der Waals surface area contributed by atoms with Crippen LogP contribution in [0.4, 0.5) is 0 Å². The van der Waals surface area contributed by atoms with E-state index in [-0.39, 0.29) is 11.1 Å². The van der Waals surface area contributed by atoms with Gasteiger partial charge in [0.15, 0.2) is 0 Å². The summed E-state index contributed by atoms with van der Waals surface area (Å²) in [5.41, 5.74) is 8.95. The van der Waals surface area contributed by atoms with E-state index in [0.29, 0.717) is 5.02 Å². The zero-order valence-corrected chi connectivity index (χ0v) is 11.6. The molecule has 0 saturated carbocycles. The molecule has 3 N–H and O–H groups in total. The van der Waals surface area contributed by atoms with Crippen molar-refractivity contribution in [2.24, 2.45) is 5.73 Å². The van der Waals surface area contributed by atoms with Crippen molar-refractivity contribution < 1.29 is 4.79 Å². The Balaban J connectivity index is 2.29. The molecule has 4 nitrogen and oxygen atoms in total. The Labute approximate surface area is 121 Å². The van der Waals surface area contributed by atoms with Crippen LogP contribution >= 0.6 is 11.6 Å². The van der Waals surface area contributed by atoms with Gasteiger partial charge in [-0.2, -0.15) is 0 Å². The number of aryl methyl sites for hydroxylation is 1. The van der Waals surface area contributed by atoms with Gasteiger partial charge in [-0.3, -0.25) is 14.8 Å². The molecule has 1 amide bonds. The van der Waals surface area contributed by atoms with Gasteiger partial charge in [-0.25, -0.2) is 0 Å². The van der Waals surface area contributed by atoms with Gasteiger partial charge in [0.25, 0.3) is 5.91 Å². The van der Waals surface area contributed by atoms with E-state index in [1.807, 2.05) is 12.1 Å². The topological polar surface area (TPSA) is 71.9 Å². The average molecular weight is 288 g/mol. The molecule has 1 heterocycles. The fourth-order valence-corrected chi connectivity index (χ4v) is 2.97. The van der Waals surface area contributed by atoms with Crippen LogP contribution in [0.1, 0.15) is 27.9 Å². The summed E-state index contributed by atoms with van der Waals surface area (Å²) in [6.45, 7) is 0. The number of carbonyl (C=O) groups excluding carboxylic acids is 1. The number of hydrogen-bond acceptors (Lipinski definition) is 2. The standard InChI is InChI=1S/C15H14ClN3O/c16-10-7-12(15(18)20)14(17)19(8-10)13-6-2-4-9-3-1-5-11(9)13/h2,4,6-8,17H,1,3,5H2,(H2,18,20). The molecule has 0 saturated heterocycles. The van der Waals surface area contributed by atoms with E-state index in [1.54, 1.807) is 10.8 Å². The summed E-state index contributed by atoms with van der Waals surface area (Å²) in [6.07, 6.45) is 4.81. The second-order valence-corrected chi connectivity index (χ2v) is 5.36. The van der Waals surface area contributed by atoms with Gasteiger partial charge in [0, 0.05) is 6.20 Å². The van der Waals surface area contributed by atoms with Crippen molar-refractivity contribution in [3.05, 3.63) is 57.7 Å². The molecule has 2 aromatic rings. The monoisotopic (exact) mass is 287 g/mol. The molecule has 1 aliphatic rings. The molecule has 0 aliphatic heterocycles. The van der Waals surface area contributed by atoms with Crippen LogP contribution in [-0.2, 0) is 12.8 Å². The maximum atomic E-state index is 11.4. The maximum Gasteiger partial charge on any atom is 0.252 e. The van der Waals surface area contributed by atoms with Crippen LogP contribution < -0.4 is 11.2 Å². The van der Waals surface area contributed by atoms with Gasteiger partial charge >= 0.3 is 0 Å². The third kappa shape index (κ3) is 2.02. The number of rotatable bonds is 2.